The quantitative estimate of drug-likeness (QED) is 0.861. The fourth-order valence-electron chi connectivity index (χ4n) is 2.59. The van der Waals surface area contributed by atoms with Crippen molar-refractivity contribution in [1.82, 2.24) is 5.32 Å². The van der Waals surface area contributed by atoms with Gasteiger partial charge in [-0.05, 0) is 42.6 Å². The third kappa shape index (κ3) is 3.00. The highest BCUT2D eigenvalue weighted by atomic mass is 35.5. The van der Waals surface area contributed by atoms with Crippen molar-refractivity contribution in [2.75, 3.05) is 6.54 Å². The Hall–Kier alpha value is -1.45. The molecule has 1 N–H and O–H groups in total. The zero-order valence-corrected chi connectivity index (χ0v) is 11.7. The first-order valence-corrected chi connectivity index (χ1v) is 6.53. The predicted molar refractivity (Wildman–Crippen MR) is 79.0 cm³/mol. The van der Waals surface area contributed by atoms with Gasteiger partial charge in [0.25, 0.3) is 0 Å². The zero-order valence-electron chi connectivity index (χ0n) is 10.9. The highest BCUT2D eigenvalue weighted by Crippen LogP contribution is 2.27. The smallest absolute Gasteiger partial charge is 0.133 e. The highest BCUT2D eigenvalue weighted by molar-refractivity contribution is 5.85. The Morgan fingerprint density at radius 1 is 1.00 bits per heavy atom. The van der Waals surface area contributed by atoms with Gasteiger partial charge in [-0.1, -0.05) is 24.3 Å². The van der Waals surface area contributed by atoms with Crippen molar-refractivity contribution in [1.29, 1.82) is 0 Å². The van der Waals surface area contributed by atoms with E-state index in [-0.39, 0.29) is 12.4 Å². The predicted octanol–water partition coefficient (Wildman–Crippen LogP) is 4.48. The molecule has 20 heavy (non-hydrogen) atoms. The van der Waals surface area contributed by atoms with Crippen LogP contribution in [0.3, 0.4) is 0 Å². The lowest BCUT2D eigenvalue weighted by molar-refractivity contribution is 0.585. The van der Waals surface area contributed by atoms with Gasteiger partial charge >= 0.3 is 0 Å². The summed E-state index contributed by atoms with van der Waals surface area (Å²) in [5.41, 5.74) is 2.44. The lowest BCUT2D eigenvalue weighted by Crippen LogP contribution is -2.12. The minimum absolute atomic E-state index is 0. The normalized spacial score (nSPS) is 17.8. The van der Waals surface area contributed by atoms with Crippen molar-refractivity contribution in [3.8, 4) is 11.1 Å². The first-order chi connectivity index (χ1) is 9.24. The number of hydrogen-bond acceptors (Lipinski definition) is 1. The first-order valence-electron chi connectivity index (χ1n) is 6.53. The van der Waals surface area contributed by atoms with E-state index in [1.165, 1.54) is 24.1 Å². The summed E-state index contributed by atoms with van der Waals surface area (Å²) in [7, 11) is 0. The largest absolute Gasteiger partial charge is 0.310 e. The molecular weight excluding hydrogens is 280 g/mol. The number of rotatable bonds is 2. The monoisotopic (exact) mass is 295 g/mol. The molecule has 1 nitrogen and oxygen atoms in total. The van der Waals surface area contributed by atoms with Gasteiger partial charge in [0.2, 0.25) is 0 Å². The number of halogens is 3. The lowest BCUT2D eigenvalue weighted by Gasteiger charge is -2.11. The van der Waals surface area contributed by atoms with E-state index in [1.54, 1.807) is 0 Å². The van der Waals surface area contributed by atoms with Crippen molar-refractivity contribution in [2.24, 2.45) is 0 Å². The molecule has 1 unspecified atom stereocenters. The van der Waals surface area contributed by atoms with E-state index in [9.17, 15) is 8.78 Å². The molecule has 1 atom stereocenters. The fraction of sp³-hybridized carbons (Fsp3) is 0.250. The minimum atomic E-state index is -0.548. The summed E-state index contributed by atoms with van der Waals surface area (Å²) < 4.78 is 26.6. The van der Waals surface area contributed by atoms with E-state index < -0.39 is 11.6 Å². The van der Waals surface area contributed by atoms with E-state index in [2.05, 4.69) is 5.32 Å². The third-order valence-corrected chi connectivity index (χ3v) is 3.62. The molecule has 1 heterocycles. The molecule has 1 saturated heterocycles. The van der Waals surface area contributed by atoms with Crippen LogP contribution in [0.5, 0.6) is 0 Å². The number of benzene rings is 2. The Morgan fingerprint density at radius 3 is 2.35 bits per heavy atom. The molecule has 3 rings (SSSR count). The van der Waals surface area contributed by atoms with E-state index in [0.29, 0.717) is 11.6 Å². The molecule has 1 aliphatic heterocycles. The van der Waals surface area contributed by atoms with Crippen LogP contribution in [0.4, 0.5) is 8.78 Å². The van der Waals surface area contributed by atoms with Gasteiger partial charge in [0.15, 0.2) is 0 Å². The maximum atomic E-state index is 13.7. The first kappa shape index (κ1) is 14.9. The number of nitrogens with one attached hydrogen (secondary N) is 1. The van der Waals surface area contributed by atoms with Crippen molar-refractivity contribution in [3.05, 3.63) is 59.7 Å². The molecule has 2 aromatic carbocycles. The van der Waals surface area contributed by atoms with Crippen LogP contribution in [0.2, 0.25) is 0 Å². The van der Waals surface area contributed by atoms with Crippen molar-refractivity contribution >= 4 is 12.4 Å². The summed E-state index contributed by atoms with van der Waals surface area (Å²) in [4.78, 5) is 0. The van der Waals surface area contributed by atoms with Crippen LogP contribution < -0.4 is 5.32 Å². The van der Waals surface area contributed by atoms with Gasteiger partial charge in [-0.3, -0.25) is 0 Å². The number of hydrogen-bond donors (Lipinski definition) is 1. The van der Waals surface area contributed by atoms with Crippen molar-refractivity contribution in [3.63, 3.8) is 0 Å². The Balaban J connectivity index is 0.00000147. The van der Waals surface area contributed by atoms with Crippen LogP contribution in [0.15, 0.2) is 42.5 Å². The van der Waals surface area contributed by atoms with Gasteiger partial charge in [-0.25, -0.2) is 8.78 Å². The summed E-state index contributed by atoms with van der Waals surface area (Å²) >= 11 is 0. The van der Waals surface area contributed by atoms with Gasteiger partial charge in [-0.2, -0.15) is 0 Å². The van der Waals surface area contributed by atoms with Gasteiger partial charge in [-0.15, -0.1) is 12.4 Å². The zero-order chi connectivity index (χ0) is 13.2. The van der Waals surface area contributed by atoms with E-state index in [1.807, 2.05) is 24.3 Å². The molecule has 2 aromatic rings. The Kier molecular flexibility index (Phi) is 4.73. The standard InChI is InChI=1S/C16H15F2N.ClH/c17-13-7-8-14(15(18)10-13)11-3-5-12(6-4-11)16-2-1-9-19-16;/h3-8,10,16,19H,1-2,9H2;1H. The molecule has 1 aliphatic rings. The summed E-state index contributed by atoms with van der Waals surface area (Å²) in [5, 5.41) is 3.43. The van der Waals surface area contributed by atoms with Gasteiger partial charge in [0, 0.05) is 17.7 Å². The fourth-order valence-corrected chi connectivity index (χ4v) is 2.59. The van der Waals surface area contributed by atoms with E-state index >= 15 is 0 Å². The molecule has 0 amide bonds. The third-order valence-electron chi connectivity index (χ3n) is 3.62. The molecule has 0 saturated carbocycles. The van der Waals surface area contributed by atoms with Crippen LogP contribution in [0, 0.1) is 11.6 Å². The molecule has 0 aromatic heterocycles. The van der Waals surface area contributed by atoms with E-state index in [0.717, 1.165) is 24.6 Å². The lowest BCUT2D eigenvalue weighted by atomic mass is 10.00. The molecule has 0 radical (unpaired) electrons. The van der Waals surface area contributed by atoms with Crippen LogP contribution in [0.25, 0.3) is 11.1 Å². The molecule has 106 valence electrons. The van der Waals surface area contributed by atoms with Gasteiger partial charge < -0.3 is 5.32 Å². The van der Waals surface area contributed by atoms with Crippen molar-refractivity contribution in [2.45, 2.75) is 18.9 Å². The van der Waals surface area contributed by atoms with Gasteiger partial charge in [0.1, 0.15) is 11.6 Å². The average Bonchev–Trinajstić information content (AvgIpc) is 2.93. The van der Waals surface area contributed by atoms with Crippen LogP contribution in [-0.2, 0) is 0 Å². The molecule has 1 fully saturated rings. The second-order valence-corrected chi connectivity index (χ2v) is 4.90. The van der Waals surface area contributed by atoms with Crippen molar-refractivity contribution < 1.29 is 8.78 Å². The van der Waals surface area contributed by atoms with Crippen LogP contribution in [0.1, 0.15) is 24.4 Å². The summed E-state index contributed by atoms with van der Waals surface area (Å²) in [6.07, 6.45) is 2.34. The molecule has 0 aliphatic carbocycles. The second kappa shape index (κ2) is 6.33. The second-order valence-electron chi connectivity index (χ2n) is 4.90. The molecule has 0 bridgehead atoms. The topological polar surface area (TPSA) is 12.0 Å². The average molecular weight is 296 g/mol. The maximum Gasteiger partial charge on any atom is 0.133 e. The summed E-state index contributed by atoms with van der Waals surface area (Å²) in [6, 6.07) is 11.9. The minimum Gasteiger partial charge on any atom is -0.310 e. The summed E-state index contributed by atoms with van der Waals surface area (Å²) in [6.45, 7) is 1.05. The highest BCUT2D eigenvalue weighted by Gasteiger charge is 2.16. The molecular formula is C16H16ClF2N. The van der Waals surface area contributed by atoms with E-state index in [4.69, 9.17) is 0 Å². The van der Waals surface area contributed by atoms with Gasteiger partial charge in [0.05, 0.1) is 0 Å². The van der Waals surface area contributed by atoms with Crippen LogP contribution in [-0.4, -0.2) is 6.54 Å². The molecule has 4 heteroatoms. The van der Waals surface area contributed by atoms with Crippen LogP contribution >= 0.6 is 12.4 Å². The summed E-state index contributed by atoms with van der Waals surface area (Å²) in [5.74, 6) is -1.07. The SMILES string of the molecule is Cl.Fc1ccc(-c2ccc(C3CCCN3)cc2)c(F)c1. The maximum absolute atomic E-state index is 13.7. The Bertz CT molecular complexity index is 578. The molecule has 0 spiro atoms. The Morgan fingerprint density at radius 2 is 1.75 bits per heavy atom. The Labute approximate surface area is 123 Å².